The van der Waals surface area contributed by atoms with Crippen LogP contribution in [0.2, 0.25) is 0 Å². The first-order valence-electron chi connectivity index (χ1n) is 10.0. The average molecular weight is 496 g/mol. The molecule has 12 heteroatoms. The second-order valence-electron chi connectivity index (χ2n) is 7.16. The number of carbonyl (C=O) groups is 2. The van der Waals surface area contributed by atoms with Crippen LogP contribution in [0.25, 0.3) is 10.7 Å². The molecular weight excluding hydrogens is 474 g/mol. The third-order valence-corrected chi connectivity index (χ3v) is 8.59. The lowest BCUT2D eigenvalue weighted by Crippen LogP contribution is -2.20. The highest BCUT2D eigenvalue weighted by molar-refractivity contribution is 7.90. The standard InChI is InChI=1S/C20H21N3O6S3/c1-2-28-20(25)17-12-8-10-32(26,27)11-14(12)31-19(17)21-15(24)6-3-7-16-22-18(23-29-16)13-5-4-9-30-13/h4-5,9H,2-3,6-8,10-11H2,1H3,(H,21,24). The molecule has 0 radical (unpaired) electrons. The zero-order valence-corrected chi connectivity index (χ0v) is 19.7. The van der Waals surface area contributed by atoms with E-state index in [0.717, 1.165) is 16.2 Å². The summed E-state index contributed by atoms with van der Waals surface area (Å²) >= 11 is 2.64. The van der Waals surface area contributed by atoms with Crippen molar-refractivity contribution in [1.82, 2.24) is 10.1 Å². The molecule has 0 spiro atoms. The van der Waals surface area contributed by atoms with Crippen LogP contribution in [0.5, 0.6) is 0 Å². The predicted molar refractivity (Wildman–Crippen MR) is 121 cm³/mol. The first-order valence-corrected chi connectivity index (χ1v) is 13.6. The maximum Gasteiger partial charge on any atom is 0.341 e. The van der Waals surface area contributed by atoms with Crippen molar-refractivity contribution >= 4 is 49.4 Å². The molecule has 0 saturated heterocycles. The molecule has 4 rings (SSSR count). The number of anilines is 1. The van der Waals surface area contributed by atoms with Crippen molar-refractivity contribution < 1.29 is 27.3 Å². The van der Waals surface area contributed by atoms with E-state index in [0.29, 0.717) is 40.0 Å². The summed E-state index contributed by atoms with van der Waals surface area (Å²) in [5.41, 5.74) is 0.929. The number of hydrogen-bond donors (Lipinski definition) is 1. The minimum absolute atomic E-state index is 0.0197. The summed E-state index contributed by atoms with van der Waals surface area (Å²) in [5, 5.41) is 8.98. The molecule has 32 heavy (non-hydrogen) atoms. The van der Waals surface area contributed by atoms with E-state index >= 15 is 0 Å². The fourth-order valence-corrected chi connectivity index (χ4v) is 7.09. The Kier molecular flexibility index (Phi) is 6.72. The molecule has 3 aromatic heterocycles. The molecule has 4 heterocycles. The first kappa shape index (κ1) is 22.6. The van der Waals surface area contributed by atoms with Crippen LogP contribution < -0.4 is 5.32 Å². The second kappa shape index (κ2) is 9.51. The van der Waals surface area contributed by atoms with E-state index in [9.17, 15) is 18.0 Å². The smallest absolute Gasteiger partial charge is 0.341 e. The Morgan fingerprint density at radius 1 is 1.34 bits per heavy atom. The van der Waals surface area contributed by atoms with Gasteiger partial charge in [0.05, 0.1) is 28.6 Å². The van der Waals surface area contributed by atoms with E-state index in [1.54, 1.807) is 6.92 Å². The summed E-state index contributed by atoms with van der Waals surface area (Å²) in [5.74, 6) is -0.00268. The molecule has 0 aliphatic carbocycles. The highest BCUT2D eigenvalue weighted by Crippen LogP contribution is 2.38. The van der Waals surface area contributed by atoms with Gasteiger partial charge in [-0.2, -0.15) is 4.98 Å². The number of ether oxygens (including phenoxy) is 1. The summed E-state index contributed by atoms with van der Waals surface area (Å²) in [4.78, 5) is 30.9. The van der Waals surface area contributed by atoms with Crippen LogP contribution in [-0.4, -0.2) is 42.8 Å². The number of nitrogens with one attached hydrogen (secondary N) is 1. The van der Waals surface area contributed by atoms with Crippen LogP contribution in [0.1, 0.15) is 46.5 Å². The van der Waals surface area contributed by atoms with Gasteiger partial charge in [0, 0.05) is 17.7 Å². The third kappa shape index (κ3) is 5.08. The average Bonchev–Trinajstić information content (AvgIpc) is 3.46. The van der Waals surface area contributed by atoms with Crippen LogP contribution in [-0.2, 0) is 38.0 Å². The molecule has 1 amide bonds. The predicted octanol–water partition coefficient (Wildman–Crippen LogP) is 3.47. The number of amides is 1. The maximum absolute atomic E-state index is 12.5. The molecule has 0 unspecified atom stereocenters. The molecule has 3 aromatic rings. The van der Waals surface area contributed by atoms with Crippen molar-refractivity contribution in [3.8, 4) is 10.7 Å². The van der Waals surface area contributed by atoms with E-state index in [2.05, 4.69) is 15.5 Å². The summed E-state index contributed by atoms with van der Waals surface area (Å²) in [6.45, 7) is 1.88. The number of esters is 1. The van der Waals surface area contributed by atoms with Gasteiger partial charge in [-0.05, 0) is 36.8 Å². The summed E-state index contributed by atoms with van der Waals surface area (Å²) in [6, 6.07) is 3.81. The van der Waals surface area contributed by atoms with Crippen molar-refractivity contribution in [3.05, 3.63) is 39.4 Å². The molecule has 0 bridgehead atoms. The van der Waals surface area contributed by atoms with Gasteiger partial charge in [0.15, 0.2) is 9.84 Å². The van der Waals surface area contributed by atoms with Gasteiger partial charge in [-0.3, -0.25) is 4.79 Å². The van der Waals surface area contributed by atoms with Gasteiger partial charge >= 0.3 is 5.97 Å². The van der Waals surface area contributed by atoms with Gasteiger partial charge < -0.3 is 14.6 Å². The lowest BCUT2D eigenvalue weighted by atomic mass is 10.1. The summed E-state index contributed by atoms with van der Waals surface area (Å²) < 4.78 is 34.4. The number of nitrogens with zero attached hydrogens (tertiary/aromatic N) is 2. The Morgan fingerprint density at radius 3 is 2.94 bits per heavy atom. The Morgan fingerprint density at radius 2 is 2.19 bits per heavy atom. The van der Waals surface area contributed by atoms with Crippen LogP contribution >= 0.6 is 22.7 Å². The highest BCUT2D eigenvalue weighted by atomic mass is 32.2. The largest absolute Gasteiger partial charge is 0.462 e. The fraction of sp³-hybridized carbons (Fsp3) is 0.400. The Hall–Kier alpha value is -2.57. The van der Waals surface area contributed by atoms with E-state index in [1.165, 1.54) is 11.3 Å². The molecule has 9 nitrogen and oxygen atoms in total. The first-order chi connectivity index (χ1) is 15.4. The minimum Gasteiger partial charge on any atom is -0.462 e. The van der Waals surface area contributed by atoms with Crippen molar-refractivity contribution in [2.45, 2.75) is 38.4 Å². The monoisotopic (exact) mass is 495 g/mol. The number of hydrogen-bond acceptors (Lipinski definition) is 10. The molecule has 1 aliphatic heterocycles. The van der Waals surface area contributed by atoms with E-state index in [-0.39, 0.29) is 42.4 Å². The number of fused-ring (bicyclic) bond motifs is 1. The van der Waals surface area contributed by atoms with E-state index < -0.39 is 15.8 Å². The highest BCUT2D eigenvalue weighted by Gasteiger charge is 2.32. The minimum atomic E-state index is -3.20. The Bertz CT molecular complexity index is 1230. The topological polar surface area (TPSA) is 128 Å². The van der Waals surface area contributed by atoms with E-state index in [1.807, 2.05) is 17.5 Å². The molecule has 0 atom stereocenters. The molecule has 0 aromatic carbocycles. The Labute approximate surface area is 192 Å². The van der Waals surface area contributed by atoms with Crippen molar-refractivity contribution in [1.29, 1.82) is 0 Å². The van der Waals surface area contributed by atoms with Crippen LogP contribution in [0, 0.1) is 0 Å². The quantitative estimate of drug-likeness (QED) is 0.471. The number of rotatable bonds is 8. The molecule has 0 fully saturated rings. The van der Waals surface area contributed by atoms with Gasteiger partial charge in [0.1, 0.15) is 5.00 Å². The molecule has 1 N–H and O–H groups in total. The van der Waals surface area contributed by atoms with Gasteiger partial charge in [0.25, 0.3) is 0 Å². The Balaban J connectivity index is 1.40. The van der Waals surface area contributed by atoms with Crippen LogP contribution in [0.3, 0.4) is 0 Å². The second-order valence-corrected chi connectivity index (χ2v) is 11.4. The zero-order valence-electron chi connectivity index (χ0n) is 17.3. The third-order valence-electron chi connectivity index (χ3n) is 4.84. The number of thiophene rings is 2. The molecule has 170 valence electrons. The number of carbonyl (C=O) groups excluding carboxylic acids is 2. The van der Waals surface area contributed by atoms with Gasteiger partial charge in [0.2, 0.25) is 17.6 Å². The van der Waals surface area contributed by atoms with Crippen LogP contribution in [0.4, 0.5) is 5.00 Å². The lowest BCUT2D eigenvalue weighted by Gasteiger charge is -2.13. The number of aromatic nitrogens is 2. The van der Waals surface area contributed by atoms with Crippen molar-refractivity contribution in [2.75, 3.05) is 17.7 Å². The number of aryl methyl sites for hydroxylation is 1. The van der Waals surface area contributed by atoms with E-state index in [4.69, 9.17) is 9.26 Å². The molecule has 1 aliphatic rings. The zero-order chi connectivity index (χ0) is 22.7. The maximum atomic E-state index is 12.5. The lowest BCUT2D eigenvalue weighted by molar-refractivity contribution is -0.116. The molecular formula is C20H21N3O6S3. The van der Waals surface area contributed by atoms with Gasteiger partial charge in [-0.1, -0.05) is 11.2 Å². The fourth-order valence-electron chi connectivity index (χ4n) is 3.38. The van der Waals surface area contributed by atoms with Crippen molar-refractivity contribution in [2.24, 2.45) is 0 Å². The summed E-state index contributed by atoms with van der Waals surface area (Å²) in [7, 11) is -3.20. The normalized spacial score (nSPS) is 14.7. The molecule has 0 saturated carbocycles. The van der Waals surface area contributed by atoms with Gasteiger partial charge in [-0.15, -0.1) is 22.7 Å². The van der Waals surface area contributed by atoms with Crippen LogP contribution in [0.15, 0.2) is 22.0 Å². The summed E-state index contributed by atoms with van der Waals surface area (Å²) in [6.07, 6.45) is 1.34. The SMILES string of the molecule is CCOC(=O)c1c(NC(=O)CCCc2nc(-c3cccs3)no2)sc2c1CCS(=O)(=O)C2. The van der Waals surface area contributed by atoms with Crippen molar-refractivity contribution in [3.63, 3.8) is 0 Å². The number of sulfone groups is 1. The van der Waals surface area contributed by atoms with Gasteiger partial charge in [-0.25, -0.2) is 13.2 Å².